The van der Waals surface area contributed by atoms with Crippen LogP contribution in [0.15, 0.2) is 39.5 Å². The standard InChI is InChI=1S/C19H19BrN4O/c20-14-3-4-16-15(11-14)17(5-8-21-16)24-9-6-12(7-10-24)18-22-19(25-23-18)13-1-2-13/h3-5,8,11-13H,1-2,6-7,9-10H2. The summed E-state index contributed by atoms with van der Waals surface area (Å²) >= 11 is 3.58. The molecule has 1 saturated heterocycles. The molecule has 0 N–H and O–H groups in total. The highest BCUT2D eigenvalue weighted by Gasteiger charge is 2.32. The first-order chi connectivity index (χ1) is 12.3. The predicted octanol–water partition coefficient (Wildman–Crippen LogP) is 4.64. The van der Waals surface area contributed by atoms with Crippen LogP contribution in [-0.2, 0) is 0 Å². The fraction of sp³-hybridized carbons (Fsp3) is 0.421. The van der Waals surface area contributed by atoms with Gasteiger partial charge in [0.25, 0.3) is 0 Å². The lowest BCUT2D eigenvalue weighted by Gasteiger charge is -2.33. The summed E-state index contributed by atoms with van der Waals surface area (Å²) in [5.74, 6) is 2.70. The van der Waals surface area contributed by atoms with Gasteiger partial charge in [-0.1, -0.05) is 21.1 Å². The Morgan fingerprint density at radius 3 is 2.68 bits per heavy atom. The average Bonchev–Trinajstić information content (AvgIpc) is 3.38. The Morgan fingerprint density at radius 2 is 1.88 bits per heavy atom. The summed E-state index contributed by atoms with van der Waals surface area (Å²) in [4.78, 5) is 11.6. The van der Waals surface area contributed by atoms with Gasteiger partial charge in [-0.15, -0.1) is 0 Å². The van der Waals surface area contributed by atoms with E-state index in [0.717, 1.165) is 47.6 Å². The summed E-state index contributed by atoms with van der Waals surface area (Å²) in [5, 5.41) is 5.44. The number of hydrogen-bond donors (Lipinski definition) is 0. The monoisotopic (exact) mass is 398 g/mol. The maximum Gasteiger partial charge on any atom is 0.229 e. The number of aromatic nitrogens is 3. The van der Waals surface area contributed by atoms with Gasteiger partial charge in [0.2, 0.25) is 5.89 Å². The summed E-state index contributed by atoms with van der Waals surface area (Å²) < 4.78 is 6.52. The second-order valence-corrected chi connectivity index (χ2v) is 7.93. The van der Waals surface area contributed by atoms with Crippen LogP contribution in [0.2, 0.25) is 0 Å². The predicted molar refractivity (Wildman–Crippen MR) is 99.9 cm³/mol. The molecule has 3 aromatic rings. The fourth-order valence-corrected chi connectivity index (χ4v) is 4.03. The highest BCUT2D eigenvalue weighted by Crippen LogP contribution is 2.40. The van der Waals surface area contributed by atoms with Crippen LogP contribution in [0.1, 0.15) is 49.2 Å². The van der Waals surface area contributed by atoms with Gasteiger partial charge in [0.05, 0.1) is 5.52 Å². The Balaban J connectivity index is 1.35. The van der Waals surface area contributed by atoms with Crippen LogP contribution in [-0.4, -0.2) is 28.2 Å². The number of benzene rings is 1. The highest BCUT2D eigenvalue weighted by molar-refractivity contribution is 9.10. The van der Waals surface area contributed by atoms with Gasteiger partial charge < -0.3 is 9.42 Å². The van der Waals surface area contributed by atoms with E-state index in [4.69, 9.17) is 4.52 Å². The van der Waals surface area contributed by atoms with Crippen LogP contribution in [0.3, 0.4) is 0 Å². The molecule has 0 amide bonds. The lowest BCUT2D eigenvalue weighted by Crippen LogP contribution is -2.33. The van der Waals surface area contributed by atoms with E-state index in [0.29, 0.717) is 11.8 Å². The molecule has 0 atom stereocenters. The zero-order valence-electron chi connectivity index (χ0n) is 13.9. The molecule has 1 aliphatic carbocycles. The molecule has 0 spiro atoms. The molecule has 5 nitrogen and oxygen atoms in total. The number of piperidine rings is 1. The first-order valence-corrected chi connectivity index (χ1v) is 9.70. The molecule has 6 heteroatoms. The van der Waals surface area contributed by atoms with Crippen LogP contribution in [0.4, 0.5) is 5.69 Å². The van der Waals surface area contributed by atoms with Crippen molar-refractivity contribution in [1.29, 1.82) is 0 Å². The van der Waals surface area contributed by atoms with E-state index in [9.17, 15) is 0 Å². The SMILES string of the molecule is Brc1ccc2nccc(N3CCC(c4noc(C5CC5)n4)CC3)c2c1. The lowest BCUT2D eigenvalue weighted by molar-refractivity contribution is 0.365. The molecule has 0 bridgehead atoms. The van der Waals surface area contributed by atoms with Gasteiger partial charge in [-0.3, -0.25) is 4.98 Å². The molecule has 2 aromatic heterocycles. The minimum absolute atomic E-state index is 0.410. The number of halogens is 1. The minimum Gasteiger partial charge on any atom is -0.371 e. The Hall–Kier alpha value is -1.95. The van der Waals surface area contributed by atoms with Crippen LogP contribution >= 0.6 is 15.9 Å². The molecule has 1 aliphatic heterocycles. The van der Waals surface area contributed by atoms with Crippen molar-refractivity contribution in [1.82, 2.24) is 15.1 Å². The topological polar surface area (TPSA) is 55.1 Å². The Bertz CT molecular complexity index is 913. The van der Waals surface area contributed by atoms with Gasteiger partial charge in [0, 0.05) is 46.7 Å². The third kappa shape index (κ3) is 2.92. The lowest BCUT2D eigenvalue weighted by atomic mass is 9.95. The average molecular weight is 399 g/mol. The molecule has 128 valence electrons. The number of pyridine rings is 1. The molecule has 1 saturated carbocycles. The normalized spacial score (nSPS) is 18.8. The van der Waals surface area contributed by atoms with E-state index in [1.54, 1.807) is 0 Å². The van der Waals surface area contributed by atoms with Gasteiger partial charge in [-0.05, 0) is 49.9 Å². The number of anilines is 1. The van der Waals surface area contributed by atoms with E-state index in [1.807, 2.05) is 12.3 Å². The first-order valence-electron chi connectivity index (χ1n) is 8.90. The van der Waals surface area contributed by atoms with Crippen LogP contribution < -0.4 is 4.90 Å². The van der Waals surface area contributed by atoms with Crippen molar-refractivity contribution in [2.75, 3.05) is 18.0 Å². The second-order valence-electron chi connectivity index (χ2n) is 7.02. The van der Waals surface area contributed by atoms with E-state index < -0.39 is 0 Å². The molecule has 0 unspecified atom stereocenters. The maximum absolute atomic E-state index is 5.44. The summed E-state index contributed by atoms with van der Waals surface area (Å²) in [6, 6.07) is 8.38. The third-order valence-electron chi connectivity index (χ3n) is 5.27. The molecular formula is C19H19BrN4O. The van der Waals surface area contributed by atoms with Crippen molar-refractivity contribution in [2.45, 2.75) is 37.5 Å². The van der Waals surface area contributed by atoms with Crippen LogP contribution in [0.25, 0.3) is 10.9 Å². The van der Waals surface area contributed by atoms with Crippen LogP contribution in [0.5, 0.6) is 0 Å². The molecule has 1 aromatic carbocycles. The molecule has 3 heterocycles. The molecule has 2 aliphatic rings. The van der Waals surface area contributed by atoms with Gasteiger partial charge in [-0.2, -0.15) is 4.98 Å². The Kier molecular flexibility index (Phi) is 3.73. The fourth-order valence-electron chi connectivity index (χ4n) is 3.67. The number of fused-ring (bicyclic) bond motifs is 1. The van der Waals surface area contributed by atoms with E-state index in [-0.39, 0.29) is 0 Å². The zero-order valence-corrected chi connectivity index (χ0v) is 15.4. The smallest absolute Gasteiger partial charge is 0.229 e. The third-order valence-corrected chi connectivity index (χ3v) is 5.76. The van der Waals surface area contributed by atoms with Crippen molar-refractivity contribution in [3.63, 3.8) is 0 Å². The van der Waals surface area contributed by atoms with E-state index in [2.05, 4.69) is 54.2 Å². The number of nitrogens with zero attached hydrogens (tertiary/aromatic N) is 4. The van der Waals surface area contributed by atoms with Crippen molar-refractivity contribution < 1.29 is 4.52 Å². The molecule has 2 fully saturated rings. The Morgan fingerprint density at radius 1 is 1.04 bits per heavy atom. The summed E-state index contributed by atoms with van der Waals surface area (Å²) in [5.41, 5.74) is 2.30. The van der Waals surface area contributed by atoms with E-state index >= 15 is 0 Å². The molecule has 25 heavy (non-hydrogen) atoms. The summed E-state index contributed by atoms with van der Waals surface area (Å²) in [7, 11) is 0. The quantitative estimate of drug-likeness (QED) is 0.642. The van der Waals surface area contributed by atoms with Crippen molar-refractivity contribution in [3.8, 4) is 0 Å². The number of rotatable bonds is 3. The summed E-state index contributed by atoms with van der Waals surface area (Å²) in [6.45, 7) is 2.01. The van der Waals surface area contributed by atoms with Crippen LogP contribution in [0, 0.1) is 0 Å². The van der Waals surface area contributed by atoms with Crippen molar-refractivity contribution in [3.05, 3.63) is 46.7 Å². The first kappa shape index (κ1) is 15.3. The van der Waals surface area contributed by atoms with E-state index in [1.165, 1.54) is 23.9 Å². The van der Waals surface area contributed by atoms with Crippen molar-refractivity contribution in [2.24, 2.45) is 0 Å². The van der Waals surface area contributed by atoms with Gasteiger partial charge >= 0.3 is 0 Å². The summed E-state index contributed by atoms with van der Waals surface area (Å²) in [6.07, 6.45) is 6.41. The van der Waals surface area contributed by atoms with Gasteiger partial charge in [-0.25, -0.2) is 0 Å². The molecule has 0 radical (unpaired) electrons. The largest absolute Gasteiger partial charge is 0.371 e. The highest BCUT2D eigenvalue weighted by atomic mass is 79.9. The number of hydrogen-bond acceptors (Lipinski definition) is 5. The molecule has 5 rings (SSSR count). The maximum atomic E-state index is 5.44. The van der Waals surface area contributed by atoms with Gasteiger partial charge in [0.15, 0.2) is 5.82 Å². The Labute approximate surface area is 154 Å². The van der Waals surface area contributed by atoms with Gasteiger partial charge in [0.1, 0.15) is 0 Å². The minimum atomic E-state index is 0.410. The molecular weight excluding hydrogens is 380 g/mol. The van der Waals surface area contributed by atoms with Crippen molar-refractivity contribution >= 4 is 32.5 Å². The second kappa shape index (κ2) is 6.09. The zero-order chi connectivity index (χ0) is 16.8.